The van der Waals surface area contributed by atoms with E-state index >= 15 is 0 Å². The maximum Gasteiger partial charge on any atom is 0.309 e. The summed E-state index contributed by atoms with van der Waals surface area (Å²) in [4.78, 5) is 13.3. The number of aliphatic hydroxyl groups excluding tert-OH is 4. The molecule has 0 radical (unpaired) electrons. The third-order valence-corrected chi connectivity index (χ3v) is 6.90. The van der Waals surface area contributed by atoms with Gasteiger partial charge in [0.1, 0.15) is 24.1 Å². The first-order chi connectivity index (χ1) is 15.0. The van der Waals surface area contributed by atoms with Gasteiger partial charge in [-0.1, -0.05) is 25.0 Å². The number of nitrogens with zero attached hydrogens (tertiary/aromatic N) is 1. The first kappa shape index (κ1) is 24.9. The van der Waals surface area contributed by atoms with E-state index in [1.807, 2.05) is 19.0 Å². The molecular weight excluding hydrogens is 418 g/mol. The predicted molar refractivity (Wildman–Crippen MR) is 115 cm³/mol. The van der Waals surface area contributed by atoms with Crippen LogP contribution in [-0.4, -0.2) is 98.3 Å². The Kier molecular flexibility index (Phi) is 7.80. The lowest BCUT2D eigenvalue weighted by atomic mass is 9.71. The van der Waals surface area contributed by atoms with Gasteiger partial charge in [0.2, 0.25) is 0 Å². The van der Waals surface area contributed by atoms with Gasteiger partial charge in [0.05, 0.1) is 23.7 Å². The first-order valence-electron chi connectivity index (χ1n) is 11.1. The van der Waals surface area contributed by atoms with E-state index in [9.17, 15) is 35.4 Å². The van der Waals surface area contributed by atoms with E-state index in [0.29, 0.717) is 25.1 Å². The fraction of sp³-hybridized carbons (Fsp3) is 0.696. The lowest BCUT2D eigenvalue weighted by Crippen LogP contribution is -2.57. The number of benzene rings is 1. The van der Waals surface area contributed by atoms with Crippen LogP contribution in [0.5, 0.6) is 5.75 Å². The number of ether oxygens (including phenoxy) is 1. The lowest BCUT2D eigenvalue weighted by Gasteiger charge is -2.44. The molecule has 1 aromatic rings. The van der Waals surface area contributed by atoms with Gasteiger partial charge in [0.15, 0.2) is 0 Å². The van der Waals surface area contributed by atoms with Gasteiger partial charge in [-0.3, -0.25) is 4.79 Å². The van der Waals surface area contributed by atoms with Crippen LogP contribution in [0.25, 0.3) is 0 Å². The molecule has 8 unspecified atom stereocenters. The van der Waals surface area contributed by atoms with Gasteiger partial charge in [-0.2, -0.15) is 0 Å². The average Bonchev–Trinajstić information content (AvgIpc) is 2.75. The highest BCUT2D eigenvalue weighted by Gasteiger charge is 2.47. The van der Waals surface area contributed by atoms with Crippen LogP contribution in [0.3, 0.4) is 0 Å². The second-order valence-electron chi connectivity index (χ2n) is 9.45. The van der Waals surface area contributed by atoms with Crippen LogP contribution in [0.15, 0.2) is 24.3 Å². The number of aliphatic carboxylic acids is 1. The van der Waals surface area contributed by atoms with E-state index in [4.69, 9.17) is 4.74 Å². The quantitative estimate of drug-likeness (QED) is 0.333. The Morgan fingerprint density at radius 3 is 2.31 bits per heavy atom. The summed E-state index contributed by atoms with van der Waals surface area (Å²) in [5.41, 5.74) is -0.406. The van der Waals surface area contributed by atoms with Crippen LogP contribution < -0.4 is 4.74 Å². The Balaban J connectivity index is 1.78. The third kappa shape index (κ3) is 5.08. The van der Waals surface area contributed by atoms with Gasteiger partial charge < -0.3 is 40.3 Å². The number of carbonyl (C=O) groups is 1. The number of carboxylic acid groups (broad SMARTS) is 1. The number of likely N-dealkylation sites (N-methyl/N-ethyl adjacent to an activating group) is 1. The molecule has 2 fully saturated rings. The molecule has 0 heterocycles. The normalized spacial score (nSPS) is 36.6. The van der Waals surface area contributed by atoms with Crippen molar-refractivity contribution in [1.29, 1.82) is 0 Å². The van der Waals surface area contributed by atoms with Crippen molar-refractivity contribution >= 4 is 5.97 Å². The molecule has 2 aliphatic carbocycles. The molecule has 0 saturated heterocycles. The molecule has 1 aromatic carbocycles. The molecule has 32 heavy (non-hydrogen) atoms. The Morgan fingerprint density at radius 2 is 1.75 bits per heavy atom. The summed E-state index contributed by atoms with van der Waals surface area (Å²) in [5, 5.41) is 61.4. The number of aliphatic hydroxyl groups is 5. The molecule has 6 N–H and O–H groups in total. The van der Waals surface area contributed by atoms with Crippen LogP contribution in [-0.2, 0) is 4.79 Å². The maximum absolute atomic E-state index is 11.4. The van der Waals surface area contributed by atoms with Crippen LogP contribution >= 0.6 is 0 Å². The molecule has 0 aliphatic heterocycles. The van der Waals surface area contributed by atoms with Gasteiger partial charge >= 0.3 is 5.97 Å². The zero-order valence-electron chi connectivity index (χ0n) is 18.5. The Hall–Kier alpha value is -1.75. The van der Waals surface area contributed by atoms with E-state index in [0.717, 1.165) is 18.4 Å². The minimum absolute atomic E-state index is 0.147. The van der Waals surface area contributed by atoms with E-state index in [1.165, 1.54) is 0 Å². The summed E-state index contributed by atoms with van der Waals surface area (Å²) < 4.78 is 5.77. The van der Waals surface area contributed by atoms with Crippen molar-refractivity contribution in [2.75, 3.05) is 20.6 Å². The van der Waals surface area contributed by atoms with Gasteiger partial charge in [0.25, 0.3) is 0 Å². The molecule has 0 amide bonds. The van der Waals surface area contributed by atoms with Crippen LogP contribution in [0.1, 0.15) is 43.6 Å². The highest BCUT2D eigenvalue weighted by atomic mass is 16.5. The first-order valence-corrected chi connectivity index (χ1v) is 11.1. The predicted octanol–water partition coefficient (Wildman–Crippen LogP) is -0.0676. The largest absolute Gasteiger partial charge is 0.488 e. The number of hydrogen-bond acceptors (Lipinski definition) is 8. The lowest BCUT2D eigenvalue weighted by molar-refractivity contribution is -0.174. The van der Waals surface area contributed by atoms with E-state index in [1.54, 1.807) is 24.3 Å². The van der Waals surface area contributed by atoms with E-state index in [-0.39, 0.29) is 12.3 Å². The average molecular weight is 454 g/mol. The summed E-state index contributed by atoms with van der Waals surface area (Å²) in [6, 6.07) is 6.91. The number of hydrogen-bond donors (Lipinski definition) is 6. The number of rotatable bonds is 7. The Bertz CT molecular complexity index is 772. The monoisotopic (exact) mass is 453 g/mol. The zero-order chi connectivity index (χ0) is 23.6. The van der Waals surface area contributed by atoms with Gasteiger partial charge in [-0.25, -0.2) is 0 Å². The molecule has 0 aromatic heterocycles. The second kappa shape index (κ2) is 10.0. The smallest absolute Gasteiger partial charge is 0.309 e. The Labute approximate surface area is 187 Å². The summed E-state index contributed by atoms with van der Waals surface area (Å²) >= 11 is 0. The molecule has 180 valence electrons. The number of carboxylic acids is 1. The Morgan fingerprint density at radius 1 is 1.09 bits per heavy atom. The van der Waals surface area contributed by atoms with Crippen molar-refractivity contribution in [2.45, 2.75) is 74.1 Å². The molecule has 9 nitrogen and oxygen atoms in total. The van der Waals surface area contributed by atoms with Gasteiger partial charge in [-0.05, 0) is 44.6 Å². The maximum atomic E-state index is 11.4. The minimum atomic E-state index is -1.62. The van der Waals surface area contributed by atoms with Gasteiger partial charge in [0, 0.05) is 18.9 Å². The van der Waals surface area contributed by atoms with Crippen LogP contribution in [0.2, 0.25) is 0 Å². The van der Waals surface area contributed by atoms with Crippen molar-refractivity contribution in [3.05, 3.63) is 29.8 Å². The zero-order valence-corrected chi connectivity index (χ0v) is 18.5. The third-order valence-electron chi connectivity index (χ3n) is 6.90. The van der Waals surface area contributed by atoms with Crippen LogP contribution in [0.4, 0.5) is 0 Å². The topological polar surface area (TPSA) is 151 Å². The molecule has 8 atom stereocenters. The minimum Gasteiger partial charge on any atom is -0.488 e. The fourth-order valence-corrected chi connectivity index (χ4v) is 4.99. The van der Waals surface area contributed by atoms with Crippen molar-refractivity contribution in [2.24, 2.45) is 5.92 Å². The van der Waals surface area contributed by atoms with E-state index in [2.05, 4.69) is 0 Å². The van der Waals surface area contributed by atoms with Crippen molar-refractivity contribution < 1.29 is 40.2 Å². The van der Waals surface area contributed by atoms with Crippen molar-refractivity contribution in [3.8, 4) is 5.75 Å². The molecule has 0 bridgehead atoms. The molecule has 2 aliphatic rings. The van der Waals surface area contributed by atoms with E-state index < -0.39 is 48.0 Å². The SMILES string of the molecule is CN(C)CC(c1ccc(OC2CC(C(=O)O)C(O)C(O)C2O)cc1)C1(O)CCCCC1O. The molecule has 2 saturated carbocycles. The summed E-state index contributed by atoms with van der Waals surface area (Å²) in [6.07, 6.45) is -3.79. The fourth-order valence-electron chi connectivity index (χ4n) is 4.99. The molecule has 3 rings (SSSR count). The highest BCUT2D eigenvalue weighted by Crippen LogP contribution is 2.41. The van der Waals surface area contributed by atoms with Crippen molar-refractivity contribution in [1.82, 2.24) is 4.90 Å². The molecule has 0 spiro atoms. The van der Waals surface area contributed by atoms with Gasteiger partial charge in [-0.15, -0.1) is 0 Å². The second-order valence-corrected chi connectivity index (χ2v) is 9.45. The highest BCUT2D eigenvalue weighted by molar-refractivity contribution is 5.71. The summed E-state index contributed by atoms with van der Waals surface area (Å²) in [7, 11) is 3.82. The summed E-state index contributed by atoms with van der Waals surface area (Å²) in [6.45, 7) is 0.541. The molecule has 9 heteroatoms. The molecular formula is C23H35NO8. The standard InChI is InChI=1S/C23H35NO8/c1-24(2)12-16(23(31)10-4-3-5-18(23)25)13-6-8-14(9-7-13)32-17-11-15(22(29)30)19(26)21(28)20(17)27/h6-9,15-21,25-28,31H,3-5,10-12H2,1-2H3,(H,29,30). The van der Waals surface area contributed by atoms with Crippen LogP contribution in [0, 0.1) is 5.92 Å². The van der Waals surface area contributed by atoms with Crippen molar-refractivity contribution in [3.63, 3.8) is 0 Å². The summed E-state index contributed by atoms with van der Waals surface area (Å²) in [5.74, 6) is -2.47.